The van der Waals surface area contributed by atoms with Crippen LogP contribution in [0.4, 0.5) is 11.4 Å². The molecule has 0 unspecified atom stereocenters. The maximum absolute atomic E-state index is 11.3. The van der Waals surface area contributed by atoms with Crippen LogP contribution in [0.1, 0.15) is 24.0 Å². The lowest BCUT2D eigenvalue weighted by Gasteiger charge is -2.11. The van der Waals surface area contributed by atoms with Gasteiger partial charge in [-0.3, -0.25) is 14.9 Å². The SMILES string of the molecule is COc1c(O)ccc(CN=Nc2ccc(CC3=NNC(=O)CC3)cc2)c1[N+](=O)[O-]. The number of hydrazone groups is 1. The van der Waals surface area contributed by atoms with E-state index >= 15 is 0 Å². The second-order valence-corrected chi connectivity index (χ2v) is 6.34. The van der Waals surface area contributed by atoms with E-state index in [0.717, 1.165) is 11.3 Å². The molecule has 0 aromatic heterocycles. The van der Waals surface area contributed by atoms with Gasteiger partial charge < -0.3 is 9.84 Å². The first kappa shape index (κ1) is 19.9. The summed E-state index contributed by atoms with van der Waals surface area (Å²) < 4.78 is 4.93. The lowest BCUT2D eigenvalue weighted by atomic mass is 10.0. The molecule has 10 heteroatoms. The lowest BCUT2D eigenvalue weighted by molar-refractivity contribution is -0.386. The van der Waals surface area contributed by atoms with Gasteiger partial charge in [0.15, 0.2) is 5.75 Å². The first-order valence-corrected chi connectivity index (χ1v) is 8.82. The molecule has 0 fully saturated rings. The van der Waals surface area contributed by atoms with E-state index in [1.807, 2.05) is 12.1 Å². The molecule has 2 N–H and O–H groups in total. The van der Waals surface area contributed by atoms with Crippen LogP contribution in [0.3, 0.4) is 0 Å². The molecule has 3 rings (SSSR count). The summed E-state index contributed by atoms with van der Waals surface area (Å²) in [5.74, 6) is -0.581. The van der Waals surface area contributed by atoms with E-state index in [0.29, 0.717) is 24.9 Å². The fraction of sp³-hybridized carbons (Fsp3) is 0.263. The van der Waals surface area contributed by atoms with Gasteiger partial charge in [-0.2, -0.15) is 15.3 Å². The fourth-order valence-corrected chi connectivity index (χ4v) is 2.88. The van der Waals surface area contributed by atoms with Crippen molar-refractivity contribution in [2.75, 3.05) is 7.11 Å². The maximum Gasteiger partial charge on any atom is 0.319 e. The van der Waals surface area contributed by atoms with Crippen LogP contribution in [-0.4, -0.2) is 28.8 Å². The van der Waals surface area contributed by atoms with Crippen LogP contribution in [0.15, 0.2) is 51.7 Å². The Labute approximate surface area is 166 Å². The van der Waals surface area contributed by atoms with E-state index in [1.54, 1.807) is 12.1 Å². The number of hydrogen-bond acceptors (Lipinski definition) is 8. The second-order valence-electron chi connectivity index (χ2n) is 6.34. The minimum atomic E-state index is -0.616. The zero-order valence-corrected chi connectivity index (χ0v) is 15.7. The topological polar surface area (TPSA) is 139 Å². The number of aromatic hydroxyl groups is 1. The van der Waals surface area contributed by atoms with Gasteiger partial charge in [0.1, 0.15) is 0 Å². The average molecular weight is 397 g/mol. The van der Waals surface area contributed by atoms with Crippen molar-refractivity contribution < 1.29 is 19.6 Å². The highest BCUT2D eigenvalue weighted by atomic mass is 16.6. The summed E-state index contributed by atoms with van der Waals surface area (Å²) >= 11 is 0. The van der Waals surface area contributed by atoms with Gasteiger partial charge in [0, 0.05) is 18.6 Å². The second kappa shape index (κ2) is 8.91. The maximum atomic E-state index is 11.3. The highest BCUT2D eigenvalue weighted by Gasteiger charge is 2.24. The molecular formula is C19H19N5O5. The first-order valence-electron chi connectivity index (χ1n) is 8.82. The molecule has 0 spiro atoms. The van der Waals surface area contributed by atoms with Gasteiger partial charge in [-0.25, -0.2) is 5.43 Å². The predicted octanol–water partition coefficient (Wildman–Crippen LogP) is 3.40. The van der Waals surface area contributed by atoms with Crippen LogP contribution < -0.4 is 10.2 Å². The minimum Gasteiger partial charge on any atom is -0.504 e. The highest BCUT2D eigenvalue weighted by molar-refractivity contribution is 5.93. The van der Waals surface area contributed by atoms with Crippen LogP contribution in [0.2, 0.25) is 0 Å². The van der Waals surface area contributed by atoms with E-state index in [2.05, 4.69) is 20.8 Å². The van der Waals surface area contributed by atoms with Crippen LogP contribution in [0.25, 0.3) is 0 Å². The molecule has 150 valence electrons. The Morgan fingerprint density at radius 1 is 1.24 bits per heavy atom. The molecular weight excluding hydrogens is 378 g/mol. The zero-order valence-electron chi connectivity index (χ0n) is 15.7. The molecule has 0 saturated heterocycles. The molecule has 2 aromatic rings. The number of nitro groups is 1. The number of nitrogens with zero attached hydrogens (tertiary/aromatic N) is 4. The number of amides is 1. The van der Waals surface area contributed by atoms with Gasteiger partial charge in [0.05, 0.1) is 29.8 Å². The fourth-order valence-electron chi connectivity index (χ4n) is 2.88. The third-order valence-electron chi connectivity index (χ3n) is 4.33. The Morgan fingerprint density at radius 2 is 2.00 bits per heavy atom. The van der Waals surface area contributed by atoms with Crippen molar-refractivity contribution in [3.63, 3.8) is 0 Å². The number of rotatable bonds is 7. The van der Waals surface area contributed by atoms with Crippen molar-refractivity contribution in [1.29, 1.82) is 0 Å². The number of nitrogens with one attached hydrogen (secondary N) is 1. The largest absolute Gasteiger partial charge is 0.504 e. The summed E-state index contributed by atoms with van der Waals surface area (Å²) in [4.78, 5) is 21.8. The number of benzene rings is 2. The van der Waals surface area contributed by atoms with Crippen LogP contribution in [-0.2, 0) is 17.8 Å². The Kier molecular flexibility index (Phi) is 6.12. The number of phenols is 1. The van der Waals surface area contributed by atoms with Crippen molar-refractivity contribution in [3.05, 3.63) is 57.6 Å². The third-order valence-corrected chi connectivity index (χ3v) is 4.33. The lowest BCUT2D eigenvalue weighted by Crippen LogP contribution is -2.26. The molecule has 0 atom stereocenters. The molecule has 1 aliphatic heterocycles. The molecule has 0 saturated carbocycles. The van der Waals surface area contributed by atoms with E-state index < -0.39 is 4.92 Å². The number of nitro benzene ring substituents is 1. The molecule has 10 nitrogen and oxygen atoms in total. The van der Waals surface area contributed by atoms with Gasteiger partial charge in [-0.05, 0) is 36.2 Å². The number of carbonyl (C=O) groups is 1. The highest BCUT2D eigenvalue weighted by Crippen LogP contribution is 2.39. The van der Waals surface area contributed by atoms with Gasteiger partial charge in [-0.1, -0.05) is 12.1 Å². The van der Waals surface area contributed by atoms with Crippen LogP contribution in [0, 0.1) is 10.1 Å². The molecule has 1 heterocycles. The van der Waals surface area contributed by atoms with Crippen LogP contribution >= 0.6 is 0 Å². The first-order chi connectivity index (χ1) is 14.0. The minimum absolute atomic E-state index is 0.0365. The summed E-state index contributed by atoms with van der Waals surface area (Å²) in [6, 6.07) is 10.1. The van der Waals surface area contributed by atoms with Crippen molar-refractivity contribution >= 4 is 23.0 Å². The van der Waals surface area contributed by atoms with Crippen LogP contribution in [0.5, 0.6) is 11.5 Å². The normalized spacial score (nSPS) is 13.8. The Balaban J connectivity index is 1.67. The summed E-state index contributed by atoms with van der Waals surface area (Å²) in [6.07, 6.45) is 1.72. The van der Waals surface area contributed by atoms with Crippen molar-refractivity contribution in [2.45, 2.75) is 25.8 Å². The summed E-state index contributed by atoms with van der Waals surface area (Å²) in [5.41, 5.74) is 4.96. The molecule has 2 aromatic carbocycles. The standard InChI is InChI=1S/C19H19N5O5/c1-29-19-16(25)8-4-13(18(19)24(27)28)11-20-21-14-5-2-12(3-6-14)10-15-7-9-17(26)23-22-15/h2-6,8,25H,7,9-11H2,1H3,(H,23,26). The Bertz CT molecular complexity index is 985. The average Bonchev–Trinajstić information content (AvgIpc) is 2.71. The number of azo groups is 1. The molecule has 1 amide bonds. The number of phenolic OH excluding ortho intramolecular Hbond substituents is 1. The summed E-state index contributed by atoms with van der Waals surface area (Å²) in [5, 5.41) is 33.2. The smallest absolute Gasteiger partial charge is 0.319 e. The zero-order chi connectivity index (χ0) is 20.8. The van der Waals surface area contributed by atoms with Gasteiger partial charge in [0.25, 0.3) is 0 Å². The molecule has 29 heavy (non-hydrogen) atoms. The number of carbonyl (C=O) groups excluding carboxylic acids is 1. The van der Waals surface area contributed by atoms with E-state index in [-0.39, 0.29) is 35.2 Å². The van der Waals surface area contributed by atoms with E-state index in [4.69, 9.17) is 4.74 Å². The van der Waals surface area contributed by atoms with Gasteiger partial charge in [-0.15, -0.1) is 0 Å². The number of ether oxygens (including phenoxy) is 1. The van der Waals surface area contributed by atoms with Crippen molar-refractivity contribution in [2.24, 2.45) is 15.3 Å². The van der Waals surface area contributed by atoms with Gasteiger partial charge >= 0.3 is 5.69 Å². The third kappa shape index (κ3) is 4.92. The summed E-state index contributed by atoms with van der Waals surface area (Å²) in [7, 11) is 1.25. The monoisotopic (exact) mass is 397 g/mol. The quantitative estimate of drug-likeness (QED) is 0.419. The van der Waals surface area contributed by atoms with E-state index in [9.17, 15) is 20.0 Å². The number of methoxy groups -OCH3 is 1. The summed E-state index contributed by atoms with van der Waals surface area (Å²) in [6.45, 7) is -0.0365. The molecule has 0 radical (unpaired) electrons. The number of hydrogen-bond donors (Lipinski definition) is 2. The van der Waals surface area contributed by atoms with E-state index in [1.165, 1.54) is 19.2 Å². The Morgan fingerprint density at radius 3 is 2.62 bits per heavy atom. The van der Waals surface area contributed by atoms with Crippen molar-refractivity contribution in [3.8, 4) is 11.5 Å². The molecule has 0 aliphatic carbocycles. The molecule has 0 bridgehead atoms. The Hall–Kier alpha value is -3.82. The predicted molar refractivity (Wildman–Crippen MR) is 104 cm³/mol. The van der Waals surface area contributed by atoms with Crippen molar-refractivity contribution in [1.82, 2.24) is 5.43 Å². The molecule has 1 aliphatic rings. The van der Waals surface area contributed by atoms with Gasteiger partial charge in [0.2, 0.25) is 11.7 Å².